The van der Waals surface area contributed by atoms with E-state index in [0.29, 0.717) is 11.8 Å². The number of fused-ring (bicyclic) bond motifs is 4. The number of aryl methyl sites for hydroxylation is 1. The van der Waals surface area contributed by atoms with Crippen LogP contribution in [0.5, 0.6) is 11.5 Å². The van der Waals surface area contributed by atoms with Crippen molar-refractivity contribution in [2.45, 2.75) is 55.3 Å². The molecular formula is C28H30N2O3. The van der Waals surface area contributed by atoms with Crippen LogP contribution >= 0.6 is 0 Å². The number of rotatable bonds is 3. The topological polar surface area (TPSA) is 46.9 Å². The van der Waals surface area contributed by atoms with E-state index >= 15 is 0 Å². The molecule has 5 heteroatoms. The van der Waals surface area contributed by atoms with Crippen molar-refractivity contribution in [2.24, 2.45) is 13.0 Å². The van der Waals surface area contributed by atoms with Crippen molar-refractivity contribution in [3.05, 3.63) is 58.8 Å². The van der Waals surface area contributed by atoms with Gasteiger partial charge in [-0.25, -0.2) is 0 Å². The molecule has 2 aliphatic heterocycles. The minimum absolute atomic E-state index is 0.147. The first-order valence-corrected chi connectivity index (χ1v) is 12.5. The zero-order valence-corrected chi connectivity index (χ0v) is 19.3. The first kappa shape index (κ1) is 18.9. The third-order valence-electron chi connectivity index (χ3n) is 9.80. The SMILES string of the molecule is CO[C@@]12Cc3c(n(C)c4ccccc34)[C@@H]3Oc4c(O)ccc5c4[C@@]31CCN(CC1CC1)[C@H]2C5. The van der Waals surface area contributed by atoms with E-state index in [1.165, 1.54) is 52.7 Å². The quantitative estimate of drug-likeness (QED) is 0.659. The molecule has 1 saturated heterocycles. The van der Waals surface area contributed by atoms with Crippen LogP contribution in [0.15, 0.2) is 36.4 Å². The van der Waals surface area contributed by atoms with Crippen LogP contribution in [0.25, 0.3) is 10.9 Å². The number of ether oxygens (including phenoxy) is 2. The van der Waals surface area contributed by atoms with Gasteiger partial charge in [-0.15, -0.1) is 0 Å². The third-order valence-corrected chi connectivity index (χ3v) is 9.80. The molecule has 0 amide bonds. The molecule has 0 radical (unpaired) electrons. The fourth-order valence-electron chi connectivity index (χ4n) is 8.29. The van der Waals surface area contributed by atoms with Crippen molar-refractivity contribution in [3.63, 3.8) is 0 Å². The highest BCUT2D eigenvalue weighted by atomic mass is 16.5. The van der Waals surface area contributed by atoms with E-state index in [0.717, 1.165) is 31.7 Å². The zero-order valence-electron chi connectivity index (χ0n) is 19.3. The van der Waals surface area contributed by atoms with Crippen LogP contribution in [-0.2, 0) is 30.0 Å². The summed E-state index contributed by atoms with van der Waals surface area (Å²) in [5.41, 5.74) is 5.80. The largest absolute Gasteiger partial charge is 0.504 e. The standard InChI is InChI=1S/C28H30N2O3/c1-29-20-6-4-3-5-18(20)19-14-28(32-2)22-13-17-9-10-21(31)25-23(17)27(28,26(33-25)24(19)29)11-12-30(22)15-16-7-8-16/h3-6,9-10,16,22,26,31H,7-8,11-15H2,1-2H3/t22-,26-,27-,28+/m0/s1. The summed E-state index contributed by atoms with van der Waals surface area (Å²) >= 11 is 0. The molecule has 8 rings (SSSR count). The number of aromatic nitrogens is 1. The summed E-state index contributed by atoms with van der Waals surface area (Å²) < 4.78 is 15.9. The fraction of sp³-hybridized carbons (Fsp3) is 0.500. The molecular weight excluding hydrogens is 412 g/mol. The molecule has 170 valence electrons. The molecule has 2 bridgehead atoms. The maximum atomic E-state index is 10.9. The van der Waals surface area contributed by atoms with Crippen molar-refractivity contribution >= 4 is 10.9 Å². The van der Waals surface area contributed by atoms with E-state index < -0.39 is 0 Å². The van der Waals surface area contributed by atoms with Crippen molar-refractivity contribution in [1.29, 1.82) is 0 Å². The lowest BCUT2D eigenvalue weighted by atomic mass is 9.48. The van der Waals surface area contributed by atoms with Gasteiger partial charge < -0.3 is 19.1 Å². The Morgan fingerprint density at radius 2 is 2.03 bits per heavy atom. The van der Waals surface area contributed by atoms with Gasteiger partial charge in [0.25, 0.3) is 0 Å². The molecule has 1 N–H and O–H groups in total. The summed E-state index contributed by atoms with van der Waals surface area (Å²) in [6, 6.07) is 13.0. The van der Waals surface area contributed by atoms with Gasteiger partial charge in [-0.1, -0.05) is 24.3 Å². The van der Waals surface area contributed by atoms with Gasteiger partial charge >= 0.3 is 0 Å². The number of aromatic hydroxyl groups is 1. The number of methoxy groups -OCH3 is 1. The normalized spacial score (nSPS) is 33.6. The summed E-state index contributed by atoms with van der Waals surface area (Å²) in [5.74, 6) is 1.81. The van der Waals surface area contributed by atoms with Crippen molar-refractivity contribution in [2.75, 3.05) is 20.2 Å². The Morgan fingerprint density at radius 1 is 1.18 bits per heavy atom. The Morgan fingerprint density at radius 3 is 2.85 bits per heavy atom. The average Bonchev–Trinajstić information content (AvgIpc) is 3.52. The van der Waals surface area contributed by atoms with Gasteiger partial charge in [0, 0.05) is 49.6 Å². The Kier molecular flexibility index (Phi) is 3.40. The van der Waals surface area contributed by atoms with Crippen LogP contribution < -0.4 is 4.74 Å². The molecule has 2 fully saturated rings. The lowest BCUT2D eigenvalue weighted by Gasteiger charge is -2.64. The van der Waals surface area contributed by atoms with E-state index in [1.807, 2.05) is 13.2 Å². The van der Waals surface area contributed by atoms with Gasteiger partial charge in [0.2, 0.25) is 0 Å². The van der Waals surface area contributed by atoms with Gasteiger partial charge in [-0.2, -0.15) is 0 Å². The summed E-state index contributed by atoms with van der Waals surface area (Å²) in [5, 5.41) is 12.2. The third kappa shape index (κ3) is 2.00. The number of hydrogen-bond acceptors (Lipinski definition) is 4. The number of benzene rings is 2. The maximum Gasteiger partial charge on any atom is 0.166 e. The first-order valence-electron chi connectivity index (χ1n) is 12.5. The second kappa shape index (κ2) is 5.94. The molecule has 2 aromatic carbocycles. The minimum Gasteiger partial charge on any atom is -0.504 e. The van der Waals surface area contributed by atoms with E-state index in [2.05, 4.69) is 46.8 Å². The van der Waals surface area contributed by atoms with Crippen LogP contribution in [0.4, 0.5) is 0 Å². The molecule has 33 heavy (non-hydrogen) atoms. The molecule has 1 aromatic heterocycles. The zero-order chi connectivity index (χ0) is 22.1. The Labute approximate surface area is 193 Å². The molecule has 0 unspecified atom stereocenters. The number of hydrogen-bond donors (Lipinski definition) is 1. The molecule has 3 aromatic rings. The number of para-hydroxylation sites is 1. The van der Waals surface area contributed by atoms with Crippen LogP contribution in [-0.4, -0.2) is 46.4 Å². The van der Waals surface area contributed by atoms with Crippen molar-refractivity contribution in [3.8, 4) is 11.5 Å². The average molecular weight is 443 g/mol. The number of nitrogens with zero attached hydrogens (tertiary/aromatic N) is 2. The lowest BCUT2D eigenvalue weighted by Crippen LogP contribution is -2.75. The van der Waals surface area contributed by atoms with Crippen molar-refractivity contribution < 1.29 is 14.6 Å². The maximum absolute atomic E-state index is 10.9. The Hall–Kier alpha value is -2.50. The summed E-state index contributed by atoms with van der Waals surface area (Å²) in [6.45, 7) is 2.25. The second-order valence-electron chi connectivity index (χ2n) is 11.0. The second-order valence-corrected chi connectivity index (χ2v) is 11.0. The predicted molar refractivity (Wildman–Crippen MR) is 126 cm³/mol. The lowest BCUT2D eigenvalue weighted by molar-refractivity contribution is -0.191. The molecule has 1 saturated carbocycles. The molecule has 5 nitrogen and oxygen atoms in total. The van der Waals surface area contributed by atoms with Crippen LogP contribution in [0.2, 0.25) is 0 Å². The van der Waals surface area contributed by atoms with Crippen LogP contribution in [0.3, 0.4) is 0 Å². The predicted octanol–water partition coefficient (Wildman–Crippen LogP) is 4.24. The molecule has 3 heterocycles. The summed E-state index contributed by atoms with van der Waals surface area (Å²) in [4.78, 5) is 2.74. The van der Waals surface area contributed by atoms with E-state index in [1.54, 1.807) is 0 Å². The Balaban J connectivity index is 1.46. The van der Waals surface area contributed by atoms with Crippen molar-refractivity contribution in [1.82, 2.24) is 9.47 Å². The minimum atomic E-state index is -0.367. The molecule has 5 aliphatic rings. The summed E-state index contributed by atoms with van der Waals surface area (Å²) in [7, 11) is 4.10. The smallest absolute Gasteiger partial charge is 0.166 e. The van der Waals surface area contributed by atoms with Gasteiger partial charge in [0.05, 0.1) is 11.1 Å². The number of phenolic OH excluding ortho intramolecular Hbond substituents is 1. The van der Waals surface area contributed by atoms with Gasteiger partial charge in [0.1, 0.15) is 5.60 Å². The summed E-state index contributed by atoms with van der Waals surface area (Å²) in [6.07, 6.45) is 5.43. The molecule has 1 spiro atoms. The Bertz CT molecular complexity index is 1340. The van der Waals surface area contributed by atoms with Crippen LogP contribution in [0.1, 0.15) is 47.8 Å². The number of phenols is 1. The van der Waals surface area contributed by atoms with Gasteiger partial charge in [-0.05, 0) is 61.4 Å². The monoisotopic (exact) mass is 442 g/mol. The van der Waals surface area contributed by atoms with Gasteiger partial charge in [0.15, 0.2) is 17.6 Å². The van der Waals surface area contributed by atoms with Crippen LogP contribution in [0, 0.1) is 5.92 Å². The fourth-order valence-corrected chi connectivity index (χ4v) is 8.29. The first-order chi connectivity index (χ1) is 16.1. The van der Waals surface area contributed by atoms with Gasteiger partial charge in [-0.3, -0.25) is 4.90 Å². The number of piperidine rings is 1. The van der Waals surface area contributed by atoms with E-state index in [4.69, 9.17) is 9.47 Å². The molecule has 3 aliphatic carbocycles. The highest BCUT2D eigenvalue weighted by Gasteiger charge is 2.74. The van der Waals surface area contributed by atoms with E-state index in [-0.39, 0.29) is 22.9 Å². The number of likely N-dealkylation sites (tertiary alicyclic amines) is 1. The molecule has 4 atom stereocenters. The highest BCUT2D eigenvalue weighted by molar-refractivity contribution is 5.87. The highest BCUT2D eigenvalue weighted by Crippen LogP contribution is 2.70. The van der Waals surface area contributed by atoms with E-state index in [9.17, 15) is 5.11 Å².